The van der Waals surface area contributed by atoms with Crippen molar-refractivity contribution in [3.05, 3.63) is 21.9 Å². The normalized spacial score (nSPS) is 20.8. The molecule has 0 amide bonds. The van der Waals surface area contributed by atoms with Gasteiger partial charge in [-0.1, -0.05) is 11.8 Å². The van der Waals surface area contributed by atoms with E-state index in [1.165, 1.54) is 4.88 Å². The fourth-order valence-electron chi connectivity index (χ4n) is 1.87. The highest BCUT2D eigenvalue weighted by atomic mass is 32.1. The van der Waals surface area contributed by atoms with Gasteiger partial charge in [-0.05, 0) is 17.9 Å². The molecular weight excluding hydrogens is 222 g/mol. The topological polar surface area (TPSA) is 43.7 Å². The van der Waals surface area contributed by atoms with Gasteiger partial charge >= 0.3 is 0 Å². The molecule has 1 aliphatic rings. The maximum atomic E-state index is 9.44. The summed E-state index contributed by atoms with van der Waals surface area (Å²) in [4.78, 5) is 3.45. The number of β-amino-alcohol motifs (C(OH)–C–C–N with tert-alkyl or cyclic N) is 1. The molecule has 1 aromatic rings. The Morgan fingerprint density at radius 1 is 1.56 bits per heavy atom. The molecular formula is C12H15NO2S. The van der Waals surface area contributed by atoms with Crippen LogP contribution in [0.25, 0.3) is 0 Å². The van der Waals surface area contributed by atoms with Crippen molar-refractivity contribution in [3.8, 4) is 11.8 Å². The van der Waals surface area contributed by atoms with Gasteiger partial charge in [0, 0.05) is 30.1 Å². The molecule has 4 heteroatoms. The Bertz CT molecular complexity index is 405. The van der Waals surface area contributed by atoms with E-state index in [4.69, 9.17) is 5.11 Å². The van der Waals surface area contributed by atoms with Crippen LogP contribution in [0.1, 0.15) is 16.9 Å². The minimum Gasteiger partial charge on any atom is -0.392 e. The Balaban J connectivity index is 2.01. The first kappa shape index (κ1) is 11.6. The summed E-state index contributed by atoms with van der Waals surface area (Å²) >= 11 is 1.68. The van der Waals surface area contributed by atoms with Crippen LogP contribution in [0.5, 0.6) is 0 Å². The second kappa shape index (κ2) is 5.46. The lowest BCUT2D eigenvalue weighted by Gasteiger charge is -2.13. The van der Waals surface area contributed by atoms with Crippen LogP contribution in [-0.2, 0) is 6.54 Å². The summed E-state index contributed by atoms with van der Waals surface area (Å²) in [5, 5.41) is 20.1. The molecule has 1 fully saturated rings. The fraction of sp³-hybridized carbons (Fsp3) is 0.500. The van der Waals surface area contributed by atoms with Gasteiger partial charge in [0.1, 0.15) is 6.61 Å². The second-order valence-electron chi connectivity index (χ2n) is 3.89. The Morgan fingerprint density at radius 3 is 3.12 bits per heavy atom. The molecule has 0 saturated carbocycles. The number of hydrogen-bond donors (Lipinski definition) is 2. The van der Waals surface area contributed by atoms with Crippen LogP contribution >= 0.6 is 11.3 Å². The summed E-state index contributed by atoms with van der Waals surface area (Å²) in [7, 11) is 0. The largest absolute Gasteiger partial charge is 0.392 e. The van der Waals surface area contributed by atoms with E-state index < -0.39 is 0 Å². The molecule has 0 spiro atoms. The predicted molar refractivity (Wildman–Crippen MR) is 64.2 cm³/mol. The third-order valence-corrected chi connectivity index (χ3v) is 3.57. The minimum atomic E-state index is -0.174. The van der Waals surface area contributed by atoms with Crippen molar-refractivity contribution in [3.63, 3.8) is 0 Å². The van der Waals surface area contributed by atoms with Crippen molar-refractivity contribution in [2.45, 2.75) is 19.1 Å². The summed E-state index contributed by atoms with van der Waals surface area (Å²) in [6.07, 6.45) is 0.690. The fourth-order valence-corrected chi connectivity index (χ4v) is 2.74. The molecule has 0 radical (unpaired) electrons. The summed E-state index contributed by atoms with van der Waals surface area (Å²) in [6.45, 7) is 2.46. The van der Waals surface area contributed by atoms with Gasteiger partial charge in [0.25, 0.3) is 0 Å². The summed E-state index contributed by atoms with van der Waals surface area (Å²) in [5.41, 5.74) is 1.00. The summed E-state index contributed by atoms with van der Waals surface area (Å²) in [6, 6.07) is 1.98. The molecule has 1 saturated heterocycles. The third kappa shape index (κ3) is 2.83. The molecule has 1 aliphatic heterocycles. The first-order chi connectivity index (χ1) is 7.79. The predicted octanol–water partition coefficient (Wildman–Crippen LogP) is 0.659. The van der Waals surface area contributed by atoms with E-state index >= 15 is 0 Å². The first-order valence-electron chi connectivity index (χ1n) is 5.36. The number of thiophene rings is 1. The SMILES string of the molecule is OCC#Cc1ccsc1CN1CCC(O)C1. The zero-order valence-electron chi connectivity index (χ0n) is 9.02. The average molecular weight is 237 g/mol. The molecule has 3 nitrogen and oxygen atoms in total. The van der Waals surface area contributed by atoms with E-state index in [2.05, 4.69) is 16.7 Å². The van der Waals surface area contributed by atoms with E-state index in [-0.39, 0.29) is 12.7 Å². The minimum absolute atomic E-state index is 0.0995. The lowest BCUT2D eigenvalue weighted by Crippen LogP contribution is -2.21. The summed E-state index contributed by atoms with van der Waals surface area (Å²) < 4.78 is 0. The van der Waals surface area contributed by atoms with Gasteiger partial charge in [0.2, 0.25) is 0 Å². The van der Waals surface area contributed by atoms with E-state index in [0.29, 0.717) is 0 Å². The van der Waals surface area contributed by atoms with E-state index in [9.17, 15) is 5.11 Å². The lowest BCUT2D eigenvalue weighted by atomic mass is 10.2. The van der Waals surface area contributed by atoms with Crippen molar-refractivity contribution in [1.29, 1.82) is 0 Å². The van der Waals surface area contributed by atoms with Gasteiger partial charge in [-0.3, -0.25) is 4.90 Å². The maximum Gasteiger partial charge on any atom is 0.104 e. The molecule has 1 unspecified atom stereocenters. The number of likely N-dealkylation sites (tertiary alicyclic amines) is 1. The highest BCUT2D eigenvalue weighted by Gasteiger charge is 2.20. The van der Waals surface area contributed by atoms with Crippen molar-refractivity contribution < 1.29 is 10.2 Å². The molecule has 86 valence electrons. The molecule has 1 aromatic heterocycles. The quantitative estimate of drug-likeness (QED) is 0.743. The molecule has 2 heterocycles. The van der Waals surface area contributed by atoms with Crippen LogP contribution in [0, 0.1) is 11.8 Å². The zero-order valence-corrected chi connectivity index (χ0v) is 9.83. The number of nitrogens with zero attached hydrogens (tertiary/aromatic N) is 1. The molecule has 1 atom stereocenters. The maximum absolute atomic E-state index is 9.44. The van der Waals surface area contributed by atoms with Crippen LogP contribution in [0.2, 0.25) is 0 Å². The van der Waals surface area contributed by atoms with Crippen molar-refractivity contribution in [2.75, 3.05) is 19.7 Å². The molecule has 16 heavy (non-hydrogen) atoms. The number of aliphatic hydroxyl groups excluding tert-OH is 2. The van der Waals surface area contributed by atoms with E-state index in [0.717, 1.165) is 31.6 Å². The zero-order chi connectivity index (χ0) is 11.4. The van der Waals surface area contributed by atoms with Gasteiger partial charge in [0.15, 0.2) is 0 Å². The van der Waals surface area contributed by atoms with Gasteiger partial charge < -0.3 is 10.2 Å². The standard InChI is InChI=1S/C12H15NO2S/c14-6-1-2-10-4-7-16-12(10)9-13-5-3-11(15)8-13/h4,7,11,14-15H,3,5-6,8-9H2. The van der Waals surface area contributed by atoms with Crippen LogP contribution in [0.3, 0.4) is 0 Å². The molecule has 0 bridgehead atoms. The van der Waals surface area contributed by atoms with E-state index in [1.54, 1.807) is 11.3 Å². The number of hydrogen-bond acceptors (Lipinski definition) is 4. The number of rotatable bonds is 2. The van der Waals surface area contributed by atoms with Crippen molar-refractivity contribution in [2.24, 2.45) is 0 Å². The van der Waals surface area contributed by atoms with Crippen LogP contribution in [-0.4, -0.2) is 40.9 Å². The highest BCUT2D eigenvalue weighted by Crippen LogP contribution is 2.20. The second-order valence-corrected chi connectivity index (χ2v) is 4.90. The lowest BCUT2D eigenvalue weighted by molar-refractivity contribution is 0.175. The molecule has 0 aliphatic carbocycles. The number of aliphatic hydroxyl groups is 2. The Hall–Kier alpha value is -0.860. The van der Waals surface area contributed by atoms with Crippen LogP contribution in [0.15, 0.2) is 11.4 Å². The molecule has 0 aromatic carbocycles. The smallest absolute Gasteiger partial charge is 0.104 e. The van der Waals surface area contributed by atoms with E-state index in [1.807, 2.05) is 11.4 Å². The van der Waals surface area contributed by atoms with Gasteiger partial charge in [-0.2, -0.15) is 0 Å². The Kier molecular flexibility index (Phi) is 3.97. The Labute approximate surface area is 99.3 Å². The van der Waals surface area contributed by atoms with Gasteiger partial charge in [-0.15, -0.1) is 11.3 Å². The summed E-state index contributed by atoms with van der Waals surface area (Å²) in [5.74, 6) is 5.62. The van der Waals surface area contributed by atoms with Crippen LogP contribution < -0.4 is 0 Å². The first-order valence-corrected chi connectivity index (χ1v) is 6.24. The molecule has 2 N–H and O–H groups in total. The monoisotopic (exact) mass is 237 g/mol. The third-order valence-electron chi connectivity index (χ3n) is 2.66. The van der Waals surface area contributed by atoms with Crippen LogP contribution in [0.4, 0.5) is 0 Å². The van der Waals surface area contributed by atoms with Gasteiger partial charge in [0.05, 0.1) is 6.10 Å². The van der Waals surface area contributed by atoms with Crippen molar-refractivity contribution >= 4 is 11.3 Å². The van der Waals surface area contributed by atoms with Gasteiger partial charge in [-0.25, -0.2) is 0 Å². The highest BCUT2D eigenvalue weighted by molar-refractivity contribution is 7.10. The van der Waals surface area contributed by atoms with Crippen molar-refractivity contribution in [1.82, 2.24) is 4.90 Å². The average Bonchev–Trinajstić information content (AvgIpc) is 2.86. The Morgan fingerprint density at radius 2 is 2.44 bits per heavy atom. The molecule has 2 rings (SSSR count).